The van der Waals surface area contributed by atoms with Crippen molar-refractivity contribution in [1.29, 1.82) is 0 Å². The molecular weight excluding hydrogens is 162 g/mol. The minimum atomic E-state index is 0.800. The van der Waals surface area contributed by atoms with Gasteiger partial charge >= 0.3 is 0 Å². The molecule has 1 N–H and O–H groups in total. The number of nitrogens with zero attached hydrogens (tertiary/aromatic N) is 2. The first-order valence-corrected chi connectivity index (χ1v) is 5.40. The molecule has 2 fully saturated rings. The van der Waals surface area contributed by atoms with Gasteiger partial charge in [0.1, 0.15) is 0 Å². The van der Waals surface area contributed by atoms with Crippen LogP contribution in [-0.4, -0.2) is 62.2 Å². The van der Waals surface area contributed by atoms with Crippen LogP contribution in [0.5, 0.6) is 0 Å². The molecule has 76 valence electrons. The second kappa shape index (κ2) is 3.95. The predicted octanol–water partition coefficient (Wildman–Crippen LogP) is -0.158. The average Bonchev–Trinajstić information content (AvgIpc) is 2.53. The fraction of sp³-hybridized carbons (Fsp3) is 1.00. The molecule has 2 aliphatic heterocycles. The Morgan fingerprint density at radius 3 is 2.31 bits per heavy atom. The van der Waals surface area contributed by atoms with Gasteiger partial charge in [0.25, 0.3) is 0 Å². The molecule has 2 aliphatic rings. The number of hydrogen-bond acceptors (Lipinski definition) is 3. The molecule has 13 heavy (non-hydrogen) atoms. The van der Waals surface area contributed by atoms with Crippen LogP contribution in [0, 0.1) is 5.92 Å². The van der Waals surface area contributed by atoms with Gasteiger partial charge < -0.3 is 10.2 Å². The molecule has 0 aliphatic carbocycles. The third-order valence-electron chi connectivity index (χ3n) is 3.48. The summed E-state index contributed by atoms with van der Waals surface area (Å²) in [5.74, 6) is 0.836. The first kappa shape index (κ1) is 9.44. The second-order valence-electron chi connectivity index (χ2n) is 4.54. The SMILES string of the molecule is CC1CNCC1N1CCN(C)CC1. The molecule has 2 rings (SSSR count). The summed E-state index contributed by atoms with van der Waals surface area (Å²) < 4.78 is 0. The topological polar surface area (TPSA) is 18.5 Å². The molecule has 0 spiro atoms. The van der Waals surface area contributed by atoms with E-state index in [9.17, 15) is 0 Å². The van der Waals surface area contributed by atoms with E-state index in [1.807, 2.05) is 0 Å². The second-order valence-corrected chi connectivity index (χ2v) is 4.54. The van der Waals surface area contributed by atoms with Gasteiger partial charge in [0, 0.05) is 38.8 Å². The fourth-order valence-corrected chi connectivity index (χ4v) is 2.44. The lowest BCUT2D eigenvalue weighted by molar-refractivity contribution is 0.103. The molecule has 2 atom stereocenters. The third-order valence-corrected chi connectivity index (χ3v) is 3.48. The predicted molar refractivity (Wildman–Crippen MR) is 54.9 cm³/mol. The molecule has 3 heteroatoms. The number of piperazine rings is 1. The van der Waals surface area contributed by atoms with Crippen LogP contribution in [0.4, 0.5) is 0 Å². The van der Waals surface area contributed by atoms with Crippen LogP contribution in [0.25, 0.3) is 0 Å². The van der Waals surface area contributed by atoms with Gasteiger partial charge in [0.2, 0.25) is 0 Å². The van der Waals surface area contributed by atoms with Gasteiger partial charge in [0.15, 0.2) is 0 Å². The quantitative estimate of drug-likeness (QED) is 0.609. The number of nitrogens with one attached hydrogen (secondary N) is 1. The van der Waals surface area contributed by atoms with Gasteiger partial charge in [0.05, 0.1) is 0 Å². The van der Waals surface area contributed by atoms with E-state index in [-0.39, 0.29) is 0 Å². The minimum Gasteiger partial charge on any atom is -0.315 e. The van der Waals surface area contributed by atoms with Crippen molar-refractivity contribution in [3.05, 3.63) is 0 Å². The van der Waals surface area contributed by atoms with E-state index in [1.54, 1.807) is 0 Å². The zero-order chi connectivity index (χ0) is 9.26. The maximum atomic E-state index is 3.48. The Morgan fingerprint density at radius 2 is 1.77 bits per heavy atom. The summed E-state index contributed by atoms with van der Waals surface area (Å²) in [5.41, 5.74) is 0. The van der Waals surface area contributed by atoms with Gasteiger partial charge in [-0.25, -0.2) is 0 Å². The van der Waals surface area contributed by atoms with Crippen LogP contribution in [0.15, 0.2) is 0 Å². The fourth-order valence-electron chi connectivity index (χ4n) is 2.44. The Kier molecular flexibility index (Phi) is 2.86. The van der Waals surface area contributed by atoms with Gasteiger partial charge in [-0.2, -0.15) is 0 Å². The number of likely N-dealkylation sites (N-methyl/N-ethyl adjacent to an activating group) is 1. The van der Waals surface area contributed by atoms with E-state index in [1.165, 1.54) is 39.3 Å². The largest absolute Gasteiger partial charge is 0.315 e. The third kappa shape index (κ3) is 2.03. The van der Waals surface area contributed by atoms with E-state index >= 15 is 0 Å². The Hall–Kier alpha value is -0.120. The van der Waals surface area contributed by atoms with Crippen LogP contribution in [0.1, 0.15) is 6.92 Å². The van der Waals surface area contributed by atoms with E-state index in [0.717, 1.165) is 12.0 Å². The van der Waals surface area contributed by atoms with Gasteiger partial charge in [-0.3, -0.25) is 4.90 Å². The maximum Gasteiger partial charge on any atom is 0.0259 e. The van der Waals surface area contributed by atoms with E-state index in [0.29, 0.717) is 0 Å². The van der Waals surface area contributed by atoms with Crippen LogP contribution in [0.3, 0.4) is 0 Å². The molecule has 0 bridgehead atoms. The van der Waals surface area contributed by atoms with Crippen LogP contribution in [0.2, 0.25) is 0 Å². The van der Waals surface area contributed by atoms with Crippen molar-refractivity contribution in [2.45, 2.75) is 13.0 Å². The summed E-state index contributed by atoms with van der Waals surface area (Å²) in [6.07, 6.45) is 0. The first-order chi connectivity index (χ1) is 6.27. The normalized spacial score (nSPS) is 38.3. The van der Waals surface area contributed by atoms with Crippen molar-refractivity contribution in [2.24, 2.45) is 5.92 Å². The maximum absolute atomic E-state index is 3.48. The molecule has 0 amide bonds. The minimum absolute atomic E-state index is 0.800. The van der Waals surface area contributed by atoms with Crippen molar-refractivity contribution in [1.82, 2.24) is 15.1 Å². The summed E-state index contributed by atoms with van der Waals surface area (Å²) in [4.78, 5) is 5.08. The van der Waals surface area contributed by atoms with Gasteiger partial charge in [-0.1, -0.05) is 6.92 Å². The van der Waals surface area contributed by atoms with Crippen molar-refractivity contribution >= 4 is 0 Å². The molecule has 2 unspecified atom stereocenters. The van der Waals surface area contributed by atoms with Crippen LogP contribution < -0.4 is 5.32 Å². The van der Waals surface area contributed by atoms with Crippen molar-refractivity contribution in [3.8, 4) is 0 Å². The lowest BCUT2D eigenvalue weighted by Gasteiger charge is -2.37. The van der Waals surface area contributed by atoms with E-state index < -0.39 is 0 Å². The highest BCUT2D eigenvalue weighted by atomic mass is 15.3. The van der Waals surface area contributed by atoms with E-state index in [2.05, 4.69) is 29.1 Å². The van der Waals surface area contributed by atoms with Crippen LogP contribution >= 0.6 is 0 Å². The Balaban J connectivity index is 1.86. The summed E-state index contributed by atoms with van der Waals surface area (Å²) in [6, 6.07) is 0.800. The lowest BCUT2D eigenvalue weighted by atomic mass is 10.0. The zero-order valence-corrected chi connectivity index (χ0v) is 8.79. The molecule has 0 saturated carbocycles. The molecule has 0 aromatic heterocycles. The lowest BCUT2D eigenvalue weighted by Crippen LogP contribution is -2.51. The molecule has 2 saturated heterocycles. The molecule has 0 aromatic carbocycles. The average molecular weight is 183 g/mol. The van der Waals surface area contributed by atoms with Crippen molar-refractivity contribution in [3.63, 3.8) is 0 Å². The van der Waals surface area contributed by atoms with Crippen molar-refractivity contribution < 1.29 is 0 Å². The van der Waals surface area contributed by atoms with Crippen molar-refractivity contribution in [2.75, 3.05) is 46.3 Å². The Bertz CT molecular complexity index is 164. The zero-order valence-electron chi connectivity index (χ0n) is 8.79. The summed E-state index contributed by atoms with van der Waals surface area (Å²) in [5, 5.41) is 3.48. The molecular formula is C10H21N3. The van der Waals surface area contributed by atoms with E-state index in [4.69, 9.17) is 0 Å². The Labute approximate surface area is 81.1 Å². The summed E-state index contributed by atoms with van der Waals surface area (Å²) in [6.45, 7) is 9.76. The smallest absolute Gasteiger partial charge is 0.0259 e. The van der Waals surface area contributed by atoms with Crippen LogP contribution in [-0.2, 0) is 0 Å². The molecule has 3 nitrogen and oxygen atoms in total. The Morgan fingerprint density at radius 1 is 1.08 bits per heavy atom. The molecule has 0 radical (unpaired) electrons. The highest BCUT2D eigenvalue weighted by molar-refractivity contribution is 4.88. The number of rotatable bonds is 1. The summed E-state index contributed by atoms with van der Waals surface area (Å²) >= 11 is 0. The monoisotopic (exact) mass is 183 g/mol. The highest BCUT2D eigenvalue weighted by Crippen LogP contribution is 2.16. The van der Waals surface area contributed by atoms with Gasteiger partial charge in [-0.15, -0.1) is 0 Å². The standard InChI is InChI=1S/C10H21N3/c1-9-7-11-8-10(9)13-5-3-12(2)4-6-13/h9-11H,3-8H2,1-2H3. The van der Waals surface area contributed by atoms with Gasteiger partial charge in [-0.05, 0) is 19.5 Å². The molecule has 2 heterocycles. The highest BCUT2D eigenvalue weighted by Gasteiger charge is 2.30. The molecule has 0 aromatic rings. The summed E-state index contributed by atoms with van der Waals surface area (Å²) in [7, 11) is 2.22. The number of hydrogen-bond donors (Lipinski definition) is 1. The first-order valence-electron chi connectivity index (χ1n) is 5.40.